The van der Waals surface area contributed by atoms with Crippen LogP contribution < -0.4 is 15.6 Å². The zero-order valence-electron chi connectivity index (χ0n) is 18.2. The Bertz CT molecular complexity index is 1620. The molecule has 0 aliphatic rings. The van der Waals surface area contributed by atoms with Crippen LogP contribution in [0.2, 0.25) is 0 Å². The number of H-pyrrole nitrogens is 1. The molecule has 5 rings (SSSR count). The quantitative estimate of drug-likeness (QED) is 0.388. The molecule has 3 heterocycles. The summed E-state index contributed by atoms with van der Waals surface area (Å²) in [4.78, 5) is 32.2. The van der Waals surface area contributed by atoms with Crippen LogP contribution in [0.25, 0.3) is 22.7 Å². The van der Waals surface area contributed by atoms with Gasteiger partial charge in [0.15, 0.2) is 23.8 Å². The Balaban J connectivity index is 1.47. The summed E-state index contributed by atoms with van der Waals surface area (Å²) in [6.45, 7) is 1.22. The zero-order chi connectivity index (χ0) is 24.5. The molecule has 2 aromatic carbocycles. The molecular weight excluding hydrogens is 460 g/mol. The van der Waals surface area contributed by atoms with E-state index in [1.807, 2.05) is 0 Å². The number of para-hydroxylation sites is 2. The van der Waals surface area contributed by atoms with E-state index in [1.54, 1.807) is 25.1 Å². The SMILES string of the molecule is Cc1cc(NC(=O)COc2ccccc2F)n(-c2nc3c(cnn3-c3ccccc3F)c(=O)[nH]2)n1. The largest absolute Gasteiger partial charge is 0.481 e. The maximum Gasteiger partial charge on any atom is 0.263 e. The van der Waals surface area contributed by atoms with Crippen molar-refractivity contribution in [3.05, 3.63) is 88.5 Å². The van der Waals surface area contributed by atoms with Crippen LogP contribution in [0.3, 0.4) is 0 Å². The van der Waals surface area contributed by atoms with Crippen molar-refractivity contribution in [2.75, 3.05) is 11.9 Å². The predicted molar refractivity (Wildman–Crippen MR) is 122 cm³/mol. The molecule has 3 aromatic heterocycles. The van der Waals surface area contributed by atoms with Crippen LogP contribution in [-0.4, -0.2) is 42.0 Å². The zero-order valence-corrected chi connectivity index (χ0v) is 18.2. The van der Waals surface area contributed by atoms with Gasteiger partial charge in [0, 0.05) is 6.07 Å². The molecule has 0 spiro atoms. The third-order valence-corrected chi connectivity index (χ3v) is 5.00. The molecule has 0 fully saturated rings. The average molecular weight is 477 g/mol. The number of aromatic amines is 1. The molecule has 0 aliphatic heterocycles. The van der Waals surface area contributed by atoms with Crippen molar-refractivity contribution in [3.63, 3.8) is 0 Å². The van der Waals surface area contributed by atoms with Crippen molar-refractivity contribution >= 4 is 22.8 Å². The normalized spacial score (nSPS) is 11.1. The molecule has 12 heteroatoms. The Labute approximate surface area is 195 Å². The van der Waals surface area contributed by atoms with Crippen molar-refractivity contribution in [2.24, 2.45) is 0 Å². The van der Waals surface area contributed by atoms with Crippen molar-refractivity contribution in [2.45, 2.75) is 6.92 Å². The topological polar surface area (TPSA) is 120 Å². The molecule has 0 saturated heterocycles. The first kappa shape index (κ1) is 21.9. The number of fused-ring (bicyclic) bond motifs is 1. The minimum absolute atomic E-state index is 0.0287. The summed E-state index contributed by atoms with van der Waals surface area (Å²) in [5.74, 6) is -1.64. The van der Waals surface area contributed by atoms with E-state index in [4.69, 9.17) is 4.74 Å². The van der Waals surface area contributed by atoms with E-state index < -0.39 is 29.7 Å². The fraction of sp³-hybridized carbons (Fsp3) is 0.0870. The lowest BCUT2D eigenvalue weighted by atomic mass is 10.3. The van der Waals surface area contributed by atoms with E-state index >= 15 is 0 Å². The Morgan fingerprint density at radius 2 is 1.83 bits per heavy atom. The van der Waals surface area contributed by atoms with Crippen LogP contribution in [-0.2, 0) is 4.79 Å². The fourth-order valence-electron chi connectivity index (χ4n) is 3.44. The number of hydrogen-bond donors (Lipinski definition) is 2. The number of carbonyl (C=O) groups excluding carboxylic acids is 1. The average Bonchev–Trinajstić information content (AvgIpc) is 3.42. The van der Waals surface area contributed by atoms with E-state index in [0.717, 1.165) is 0 Å². The van der Waals surface area contributed by atoms with Gasteiger partial charge in [0.25, 0.3) is 11.5 Å². The van der Waals surface area contributed by atoms with Crippen molar-refractivity contribution < 1.29 is 18.3 Å². The van der Waals surface area contributed by atoms with Crippen LogP contribution in [0.5, 0.6) is 5.75 Å². The van der Waals surface area contributed by atoms with Gasteiger partial charge < -0.3 is 10.1 Å². The van der Waals surface area contributed by atoms with Crippen LogP contribution >= 0.6 is 0 Å². The molecule has 5 aromatic rings. The number of anilines is 1. The van der Waals surface area contributed by atoms with Crippen molar-refractivity contribution in [1.29, 1.82) is 0 Å². The number of amides is 1. The second-order valence-corrected chi connectivity index (χ2v) is 7.48. The van der Waals surface area contributed by atoms with Crippen molar-refractivity contribution in [3.8, 4) is 17.4 Å². The van der Waals surface area contributed by atoms with Crippen LogP contribution in [0.15, 0.2) is 65.6 Å². The van der Waals surface area contributed by atoms with Gasteiger partial charge in [-0.3, -0.25) is 14.6 Å². The molecule has 2 N–H and O–H groups in total. The standard InChI is InChI=1S/C23H17F2N7O3/c1-13-10-19(27-20(33)12-35-18-9-5-3-7-16(18)25)32(30-13)23-28-21-14(22(34)29-23)11-26-31(21)17-8-4-2-6-15(17)24/h2-11H,12H2,1H3,(H,27,33)(H,28,29,34). The summed E-state index contributed by atoms with van der Waals surface area (Å²) in [7, 11) is 0. The van der Waals surface area contributed by atoms with Crippen molar-refractivity contribution in [1.82, 2.24) is 29.5 Å². The lowest BCUT2D eigenvalue weighted by molar-refractivity contribution is -0.118. The highest BCUT2D eigenvalue weighted by Gasteiger charge is 2.18. The first-order chi connectivity index (χ1) is 16.9. The van der Waals surface area contributed by atoms with Gasteiger partial charge in [0.05, 0.1) is 11.9 Å². The molecule has 1 amide bonds. The minimum Gasteiger partial charge on any atom is -0.481 e. The molecule has 0 saturated carbocycles. The molecule has 0 unspecified atom stereocenters. The predicted octanol–water partition coefficient (Wildman–Crippen LogP) is 2.90. The number of aryl methyl sites for hydroxylation is 1. The number of ether oxygens (including phenoxy) is 1. The monoisotopic (exact) mass is 477 g/mol. The van der Waals surface area contributed by atoms with Gasteiger partial charge in [0.2, 0.25) is 5.95 Å². The first-order valence-corrected chi connectivity index (χ1v) is 10.4. The van der Waals surface area contributed by atoms with Gasteiger partial charge in [-0.25, -0.2) is 13.5 Å². The van der Waals surface area contributed by atoms with Gasteiger partial charge in [-0.2, -0.15) is 19.9 Å². The van der Waals surface area contributed by atoms with Crippen LogP contribution in [0.4, 0.5) is 14.6 Å². The number of carbonyl (C=O) groups is 1. The summed E-state index contributed by atoms with van der Waals surface area (Å²) in [6, 6.07) is 13.2. The van der Waals surface area contributed by atoms with Gasteiger partial charge in [-0.1, -0.05) is 24.3 Å². The smallest absolute Gasteiger partial charge is 0.263 e. The number of benzene rings is 2. The van der Waals surface area contributed by atoms with Gasteiger partial charge in [0.1, 0.15) is 22.7 Å². The van der Waals surface area contributed by atoms with E-state index in [0.29, 0.717) is 5.69 Å². The van der Waals surface area contributed by atoms with Gasteiger partial charge in [-0.05, 0) is 31.2 Å². The summed E-state index contributed by atoms with van der Waals surface area (Å²) in [5, 5.41) is 11.1. The minimum atomic E-state index is -0.595. The lowest BCUT2D eigenvalue weighted by Gasteiger charge is -2.10. The number of nitrogens with zero attached hydrogens (tertiary/aromatic N) is 5. The second kappa shape index (κ2) is 8.82. The molecule has 10 nitrogen and oxygen atoms in total. The Morgan fingerprint density at radius 1 is 1.09 bits per heavy atom. The number of halogens is 2. The summed E-state index contributed by atoms with van der Waals surface area (Å²) >= 11 is 0. The first-order valence-electron chi connectivity index (χ1n) is 10.4. The number of aromatic nitrogens is 6. The van der Waals surface area contributed by atoms with E-state index in [9.17, 15) is 18.4 Å². The summed E-state index contributed by atoms with van der Waals surface area (Å²) in [5.41, 5.74) is 0.200. The molecule has 176 valence electrons. The third-order valence-electron chi connectivity index (χ3n) is 5.00. The molecule has 0 radical (unpaired) electrons. The van der Waals surface area contributed by atoms with E-state index in [1.165, 1.54) is 52.0 Å². The Morgan fingerprint density at radius 3 is 2.60 bits per heavy atom. The fourth-order valence-corrected chi connectivity index (χ4v) is 3.44. The number of hydrogen-bond acceptors (Lipinski definition) is 6. The molecule has 0 aliphatic carbocycles. The van der Waals surface area contributed by atoms with E-state index in [-0.39, 0.29) is 34.2 Å². The molecule has 0 atom stereocenters. The highest BCUT2D eigenvalue weighted by Crippen LogP contribution is 2.20. The summed E-state index contributed by atoms with van der Waals surface area (Å²) in [6.07, 6.45) is 1.29. The lowest BCUT2D eigenvalue weighted by Crippen LogP contribution is -2.23. The highest BCUT2D eigenvalue weighted by molar-refractivity contribution is 5.91. The summed E-state index contributed by atoms with van der Waals surface area (Å²) < 4.78 is 35.7. The Hall–Kier alpha value is -4.87. The van der Waals surface area contributed by atoms with Crippen LogP contribution in [0.1, 0.15) is 5.69 Å². The number of rotatable bonds is 6. The molecular formula is C23H17F2N7O3. The maximum absolute atomic E-state index is 14.4. The van der Waals surface area contributed by atoms with Crippen LogP contribution in [0, 0.1) is 18.6 Å². The van der Waals surface area contributed by atoms with Gasteiger partial charge in [-0.15, -0.1) is 0 Å². The molecule has 0 bridgehead atoms. The highest BCUT2D eigenvalue weighted by atomic mass is 19.1. The van der Waals surface area contributed by atoms with E-state index in [2.05, 4.69) is 25.5 Å². The Kier molecular flexibility index (Phi) is 5.53. The second-order valence-electron chi connectivity index (χ2n) is 7.48. The number of nitrogens with one attached hydrogen (secondary N) is 2. The van der Waals surface area contributed by atoms with Gasteiger partial charge >= 0.3 is 0 Å². The third kappa shape index (κ3) is 4.24. The maximum atomic E-state index is 14.4. The molecule has 35 heavy (non-hydrogen) atoms.